The lowest BCUT2D eigenvalue weighted by molar-refractivity contribution is 1.62. The Labute approximate surface area is 232 Å². The van der Waals surface area contributed by atoms with E-state index in [-0.39, 0.29) is 0 Å². The van der Waals surface area contributed by atoms with E-state index in [0.717, 1.165) is 0 Å². The Balaban J connectivity index is 1.17. The van der Waals surface area contributed by atoms with Crippen molar-refractivity contribution in [3.05, 3.63) is 146 Å². The van der Waals surface area contributed by atoms with E-state index in [2.05, 4.69) is 146 Å². The summed E-state index contributed by atoms with van der Waals surface area (Å²) in [6, 6.07) is 53.8. The molecule has 0 bridgehead atoms. The summed E-state index contributed by atoms with van der Waals surface area (Å²) < 4.78 is 0. The average molecular weight is 505 g/mol. The van der Waals surface area contributed by atoms with E-state index in [0.29, 0.717) is 0 Å². The minimum atomic E-state index is 1.24. The molecule has 0 aliphatic heterocycles. The number of rotatable bonds is 2. The zero-order valence-corrected chi connectivity index (χ0v) is 21.9. The van der Waals surface area contributed by atoms with Crippen molar-refractivity contribution < 1.29 is 0 Å². The predicted molar refractivity (Wildman–Crippen MR) is 172 cm³/mol. The third kappa shape index (κ3) is 3.02. The van der Waals surface area contributed by atoms with Gasteiger partial charge >= 0.3 is 0 Å². The zero-order valence-electron chi connectivity index (χ0n) is 21.9. The van der Waals surface area contributed by atoms with Crippen LogP contribution in [0.25, 0.3) is 87.6 Å². The van der Waals surface area contributed by atoms with Gasteiger partial charge in [-0.05, 0) is 106 Å². The molecule has 8 aromatic rings. The van der Waals surface area contributed by atoms with E-state index >= 15 is 0 Å². The molecule has 184 valence electrons. The lowest BCUT2D eigenvalue weighted by atomic mass is 9.91. The molecule has 1 aliphatic rings. The van der Waals surface area contributed by atoms with Crippen LogP contribution in [0.5, 0.6) is 0 Å². The van der Waals surface area contributed by atoms with Crippen LogP contribution in [-0.2, 0) is 0 Å². The van der Waals surface area contributed by atoms with Crippen molar-refractivity contribution >= 4 is 43.1 Å². The highest BCUT2D eigenvalue weighted by Crippen LogP contribution is 2.48. The van der Waals surface area contributed by atoms with Gasteiger partial charge in [0.05, 0.1) is 0 Å². The van der Waals surface area contributed by atoms with Gasteiger partial charge in [-0.2, -0.15) is 0 Å². The normalized spacial score (nSPS) is 12.0. The summed E-state index contributed by atoms with van der Waals surface area (Å²) >= 11 is 0. The van der Waals surface area contributed by atoms with Gasteiger partial charge in [0.2, 0.25) is 0 Å². The second-order valence-electron chi connectivity index (χ2n) is 10.9. The minimum Gasteiger partial charge on any atom is -0.0616 e. The SMILES string of the molecule is c1ccc2c(c1)-c1cccc3cc(-c4ccc(-c5ccc6c7ccccc7c7ccccc7c6c5)cc4)cc-2c13. The zero-order chi connectivity index (χ0) is 26.2. The summed E-state index contributed by atoms with van der Waals surface area (Å²) in [7, 11) is 0. The van der Waals surface area contributed by atoms with Crippen molar-refractivity contribution in [2.45, 2.75) is 0 Å². The second-order valence-corrected chi connectivity index (χ2v) is 10.9. The molecule has 0 spiro atoms. The third-order valence-electron chi connectivity index (χ3n) is 8.78. The molecule has 0 saturated carbocycles. The first kappa shape index (κ1) is 21.7. The van der Waals surface area contributed by atoms with Crippen molar-refractivity contribution in [2.24, 2.45) is 0 Å². The second kappa shape index (κ2) is 8.15. The first-order chi connectivity index (χ1) is 19.8. The Morgan fingerprint density at radius 3 is 1.43 bits per heavy atom. The molecule has 0 heteroatoms. The van der Waals surface area contributed by atoms with Crippen LogP contribution in [-0.4, -0.2) is 0 Å². The number of hydrogen-bond acceptors (Lipinski definition) is 0. The number of fused-ring (bicyclic) bond motifs is 9. The molecular weight excluding hydrogens is 480 g/mol. The van der Waals surface area contributed by atoms with Gasteiger partial charge in [-0.25, -0.2) is 0 Å². The maximum Gasteiger partial charge on any atom is -0.00259 e. The van der Waals surface area contributed by atoms with Crippen LogP contribution in [0.2, 0.25) is 0 Å². The first-order valence-corrected chi connectivity index (χ1v) is 13.9. The van der Waals surface area contributed by atoms with Gasteiger partial charge in [-0.3, -0.25) is 0 Å². The van der Waals surface area contributed by atoms with E-state index in [1.165, 1.54) is 87.6 Å². The van der Waals surface area contributed by atoms with Gasteiger partial charge in [0.15, 0.2) is 0 Å². The molecule has 0 radical (unpaired) electrons. The van der Waals surface area contributed by atoms with Crippen LogP contribution in [0.15, 0.2) is 146 Å². The molecule has 0 fully saturated rings. The van der Waals surface area contributed by atoms with Crippen LogP contribution < -0.4 is 0 Å². The standard InChI is InChI=1S/C40H24/c1-2-11-32-30(9-1)31-10-3-5-13-34(31)38-23-27(20-21-36(32)38)25-16-18-26(19-17-25)29-22-28-8-7-15-37-33-12-4-6-14-35(33)39(24-29)40(28)37/h1-24H. The molecule has 0 N–H and O–H groups in total. The molecular formula is C40H24. The van der Waals surface area contributed by atoms with Gasteiger partial charge in [0.25, 0.3) is 0 Å². The Bertz CT molecular complexity index is 2270. The smallest absolute Gasteiger partial charge is 0.00259 e. The lowest BCUT2D eigenvalue weighted by Gasteiger charge is -2.12. The molecule has 0 heterocycles. The highest BCUT2D eigenvalue weighted by Gasteiger charge is 2.21. The van der Waals surface area contributed by atoms with Crippen molar-refractivity contribution in [2.75, 3.05) is 0 Å². The van der Waals surface area contributed by atoms with Gasteiger partial charge in [-0.15, -0.1) is 0 Å². The number of benzene rings is 8. The van der Waals surface area contributed by atoms with Gasteiger partial charge in [0, 0.05) is 0 Å². The van der Waals surface area contributed by atoms with E-state index in [4.69, 9.17) is 0 Å². The van der Waals surface area contributed by atoms with Crippen LogP contribution in [0, 0.1) is 0 Å². The summed E-state index contributed by atoms with van der Waals surface area (Å²) in [6.07, 6.45) is 0. The van der Waals surface area contributed by atoms with Crippen molar-refractivity contribution in [1.29, 1.82) is 0 Å². The highest BCUT2D eigenvalue weighted by atomic mass is 14.2. The molecule has 0 nitrogen and oxygen atoms in total. The van der Waals surface area contributed by atoms with Crippen molar-refractivity contribution in [3.8, 4) is 44.5 Å². The first-order valence-electron chi connectivity index (χ1n) is 13.9. The maximum atomic E-state index is 2.37. The molecule has 9 rings (SSSR count). The Morgan fingerprint density at radius 1 is 0.250 bits per heavy atom. The fourth-order valence-corrected chi connectivity index (χ4v) is 6.93. The van der Waals surface area contributed by atoms with Gasteiger partial charge < -0.3 is 0 Å². The Hall–Kier alpha value is -5.20. The fraction of sp³-hybridized carbons (Fsp3) is 0. The van der Waals surface area contributed by atoms with Gasteiger partial charge in [0.1, 0.15) is 0 Å². The van der Waals surface area contributed by atoms with Crippen LogP contribution in [0.1, 0.15) is 0 Å². The molecule has 0 aromatic heterocycles. The Morgan fingerprint density at radius 2 is 0.750 bits per heavy atom. The van der Waals surface area contributed by atoms with E-state index < -0.39 is 0 Å². The topological polar surface area (TPSA) is 0 Å². The highest BCUT2D eigenvalue weighted by molar-refractivity contribution is 6.25. The van der Waals surface area contributed by atoms with E-state index in [1.807, 2.05) is 0 Å². The Kier molecular flexibility index (Phi) is 4.42. The van der Waals surface area contributed by atoms with Crippen LogP contribution in [0.3, 0.4) is 0 Å². The molecule has 0 saturated heterocycles. The maximum absolute atomic E-state index is 2.37. The summed E-state index contributed by atoms with van der Waals surface area (Å²) in [6.45, 7) is 0. The fourth-order valence-electron chi connectivity index (χ4n) is 6.93. The summed E-state index contributed by atoms with van der Waals surface area (Å²) in [5, 5.41) is 10.5. The van der Waals surface area contributed by atoms with Crippen LogP contribution >= 0.6 is 0 Å². The number of hydrogen-bond donors (Lipinski definition) is 0. The summed E-state index contributed by atoms with van der Waals surface area (Å²) in [4.78, 5) is 0. The molecule has 1 aliphatic carbocycles. The molecule has 8 aromatic carbocycles. The molecule has 40 heavy (non-hydrogen) atoms. The van der Waals surface area contributed by atoms with Crippen LogP contribution in [0.4, 0.5) is 0 Å². The van der Waals surface area contributed by atoms with E-state index in [9.17, 15) is 0 Å². The van der Waals surface area contributed by atoms with Crippen molar-refractivity contribution in [3.63, 3.8) is 0 Å². The van der Waals surface area contributed by atoms with Gasteiger partial charge in [-0.1, -0.05) is 127 Å². The van der Waals surface area contributed by atoms with Crippen molar-refractivity contribution in [1.82, 2.24) is 0 Å². The van der Waals surface area contributed by atoms with E-state index in [1.54, 1.807) is 0 Å². The average Bonchev–Trinajstić information content (AvgIpc) is 3.36. The molecule has 0 amide bonds. The minimum absolute atomic E-state index is 1.24. The third-order valence-corrected chi connectivity index (χ3v) is 8.78. The lowest BCUT2D eigenvalue weighted by Crippen LogP contribution is -1.86. The molecule has 0 unspecified atom stereocenters. The quantitative estimate of drug-likeness (QED) is 0.205. The predicted octanol–water partition coefficient (Wildman–Crippen LogP) is 11.3. The monoisotopic (exact) mass is 504 g/mol. The molecule has 0 atom stereocenters. The summed E-state index contributed by atoms with van der Waals surface area (Å²) in [5.74, 6) is 0. The summed E-state index contributed by atoms with van der Waals surface area (Å²) in [5.41, 5.74) is 10.4. The largest absolute Gasteiger partial charge is 0.0616 e.